The molecule has 0 aliphatic heterocycles. The highest BCUT2D eigenvalue weighted by molar-refractivity contribution is 7.92. The van der Waals surface area contributed by atoms with Gasteiger partial charge in [-0.25, -0.2) is 13.1 Å². The number of amides is 1. The van der Waals surface area contributed by atoms with Crippen molar-refractivity contribution in [2.45, 2.75) is 6.54 Å². The molecule has 10 heteroatoms. The van der Waals surface area contributed by atoms with Gasteiger partial charge >= 0.3 is 0 Å². The van der Waals surface area contributed by atoms with E-state index in [1.807, 2.05) is 0 Å². The molecule has 1 aromatic carbocycles. The van der Waals surface area contributed by atoms with E-state index in [1.54, 1.807) is 31.4 Å². The fourth-order valence-electron chi connectivity index (χ4n) is 1.63. The predicted octanol–water partition coefficient (Wildman–Crippen LogP) is 0.297. The summed E-state index contributed by atoms with van der Waals surface area (Å²) in [6, 6.07) is 6.85. The molecule has 0 fully saturated rings. The topological polar surface area (TPSA) is 115 Å². The highest BCUT2D eigenvalue weighted by atomic mass is 32.2. The van der Waals surface area contributed by atoms with Gasteiger partial charge in [-0.2, -0.15) is 0 Å². The molecule has 22 heavy (non-hydrogen) atoms. The number of carbonyl (C=O) groups excluding carboxylic acids is 1. The normalized spacial score (nSPS) is 11.0. The first-order valence-corrected chi connectivity index (χ1v) is 8.07. The molecule has 0 saturated carbocycles. The summed E-state index contributed by atoms with van der Waals surface area (Å²) in [5.74, 6) is 0.423. The van der Waals surface area contributed by atoms with E-state index < -0.39 is 10.0 Å². The summed E-state index contributed by atoms with van der Waals surface area (Å²) in [4.78, 5) is 11.9. The van der Waals surface area contributed by atoms with E-state index in [0.717, 1.165) is 6.26 Å². The van der Waals surface area contributed by atoms with Crippen LogP contribution in [0.4, 0.5) is 11.5 Å². The molecule has 1 heterocycles. The second-order valence-electron chi connectivity index (χ2n) is 4.45. The van der Waals surface area contributed by atoms with Crippen LogP contribution in [0.2, 0.25) is 0 Å². The van der Waals surface area contributed by atoms with Crippen molar-refractivity contribution in [3.8, 4) is 5.75 Å². The van der Waals surface area contributed by atoms with E-state index in [9.17, 15) is 13.2 Å². The molecule has 2 rings (SSSR count). The summed E-state index contributed by atoms with van der Waals surface area (Å²) >= 11 is 0. The molecule has 1 aromatic heterocycles. The van der Waals surface area contributed by atoms with E-state index in [2.05, 4.69) is 20.4 Å². The van der Waals surface area contributed by atoms with E-state index in [0.29, 0.717) is 11.4 Å². The Balaban J connectivity index is 1.94. The number of nitrogens with zero attached hydrogens (tertiary/aromatic N) is 3. The maximum Gasteiger partial charge on any atom is 0.246 e. The van der Waals surface area contributed by atoms with Gasteiger partial charge in [0.05, 0.1) is 19.6 Å². The van der Waals surface area contributed by atoms with Crippen LogP contribution in [0.1, 0.15) is 0 Å². The quantitative estimate of drug-likeness (QED) is 0.789. The Labute approximate surface area is 127 Å². The first-order chi connectivity index (χ1) is 10.4. The lowest BCUT2D eigenvalue weighted by molar-refractivity contribution is -0.116. The molecular formula is C12H15N5O4S. The number of ether oxygens (including phenoxy) is 1. The van der Waals surface area contributed by atoms with Gasteiger partial charge in [-0.15, -0.1) is 5.10 Å². The van der Waals surface area contributed by atoms with Gasteiger partial charge < -0.3 is 10.1 Å². The molecule has 0 aliphatic rings. The van der Waals surface area contributed by atoms with E-state index in [-0.39, 0.29) is 18.3 Å². The van der Waals surface area contributed by atoms with Crippen molar-refractivity contribution in [3.05, 3.63) is 30.5 Å². The smallest absolute Gasteiger partial charge is 0.246 e. The van der Waals surface area contributed by atoms with Gasteiger partial charge in [0.15, 0.2) is 5.82 Å². The standard InChI is InChI=1S/C12H15N5O4S/c1-21-10-5-3-9(4-6-10)13-12(18)8-17-7-11(14-16-17)15-22(2,19)20/h3-7,15H,8H2,1-2H3,(H,13,18). The van der Waals surface area contributed by atoms with E-state index >= 15 is 0 Å². The Hall–Kier alpha value is -2.62. The average Bonchev–Trinajstić information content (AvgIpc) is 2.84. The number of carbonyl (C=O) groups is 1. The molecule has 9 nitrogen and oxygen atoms in total. The average molecular weight is 325 g/mol. The van der Waals surface area contributed by atoms with Crippen molar-refractivity contribution in [1.82, 2.24) is 15.0 Å². The summed E-state index contributed by atoms with van der Waals surface area (Å²) in [5.41, 5.74) is 0.611. The van der Waals surface area contributed by atoms with Crippen molar-refractivity contribution in [1.29, 1.82) is 0 Å². The Kier molecular flexibility index (Phi) is 4.61. The van der Waals surface area contributed by atoms with Gasteiger partial charge in [0, 0.05) is 5.69 Å². The Morgan fingerprint density at radius 3 is 2.59 bits per heavy atom. The lowest BCUT2D eigenvalue weighted by atomic mass is 10.3. The fraction of sp³-hybridized carbons (Fsp3) is 0.250. The summed E-state index contributed by atoms with van der Waals surface area (Å²) < 4.78 is 30.5. The third-order valence-electron chi connectivity index (χ3n) is 2.51. The SMILES string of the molecule is COc1ccc(NC(=O)Cn2cc(NS(C)(=O)=O)nn2)cc1. The number of hydrogen-bond donors (Lipinski definition) is 2. The number of methoxy groups -OCH3 is 1. The summed E-state index contributed by atoms with van der Waals surface area (Å²) in [5, 5.41) is 9.96. The van der Waals surface area contributed by atoms with E-state index in [4.69, 9.17) is 4.74 Å². The summed E-state index contributed by atoms with van der Waals surface area (Å²) in [6.45, 7) is -0.0928. The van der Waals surface area contributed by atoms with Crippen LogP contribution >= 0.6 is 0 Å². The second-order valence-corrected chi connectivity index (χ2v) is 6.20. The molecular weight excluding hydrogens is 310 g/mol. The molecule has 0 aliphatic carbocycles. The van der Waals surface area contributed by atoms with Crippen LogP contribution < -0.4 is 14.8 Å². The van der Waals surface area contributed by atoms with Gasteiger partial charge in [-0.1, -0.05) is 5.21 Å². The lowest BCUT2D eigenvalue weighted by Gasteiger charge is -2.06. The van der Waals surface area contributed by atoms with Crippen LogP contribution in [0.25, 0.3) is 0 Å². The van der Waals surface area contributed by atoms with Gasteiger partial charge in [-0.05, 0) is 24.3 Å². The predicted molar refractivity (Wildman–Crippen MR) is 80.1 cm³/mol. The molecule has 0 spiro atoms. The number of rotatable bonds is 6. The number of hydrogen-bond acceptors (Lipinski definition) is 6. The Morgan fingerprint density at radius 1 is 1.32 bits per heavy atom. The minimum absolute atomic E-state index is 0.0553. The van der Waals surface area contributed by atoms with Gasteiger partial charge in [-0.3, -0.25) is 9.52 Å². The zero-order valence-corrected chi connectivity index (χ0v) is 12.8. The van der Waals surface area contributed by atoms with Crippen LogP contribution in [-0.4, -0.2) is 42.7 Å². The van der Waals surface area contributed by atoms with Crippen molar-refractivity contribution < 1.29 is 17.9 Å². The van der Waals surface area contributed by atoms with E-state index in [1.165, 1.54) is 10.9 Å². The molecule has 0 bridgehead atoms. The monoisotopic (exact) mass is 325 g/mol. The lowest BCUT2D eigenvalue weighted by Crippen LogP contribution is -2.19. The molecule has 2 N–H and O–H groups in total. The highest BCUT2D eigenvalue weighted by Crippen LogP contribution is 2.15. The minimum Gasteiger partial charge on any atom is -0.497 e. The third-order valence-corrected chi connectivity index (χ3v) is 3.09. The van der Waals surface area contributed by atoms with Crippen molar-refractivity contribution in [3.63, 3.8) is 0 Å². The molecule has 118 valence electrons. The fourth-order valence-corrected chi connectivity index (χ4v) is 2.11. The maximum absolute atomic E-state index is 11.9. The maximum atomic E-state index is 11.9. The van der Waals surface area contributed by atoms with Crippen LogP contribution in [0.5, 0.6) is 5.75 Å². The molecule has 1 amide bonds. The molecule has 0 atom stereocenters. The van der Waals surface area contributed by atoms with Gasteiger partial charge in [0.25, 0.3) is 0 Å². The number of aromatic nitrogens is 3. The molecule has 0 radical (unpaired) electrons. The summed E-state index contributed by atoms with van der Waals surface area (Å²) in [6.07, 6.45) is 2.33. The zero-order valence-electron chi connectivity index (χ0n) is 12.0. The number of benzene rings is 1. The number of anilines is 2. The minimum atomic E-state index is -3.43. The highest BCUT2D eigenvalue weighted by Gasteiger charge is 2.09. The van der Waals surface area contributed by atoms with Crippen molar-refractivity contribution >= 4 is 27.4 Å². The van der Waals surface area contributed by atoms with Crippen LogP contribution in [0.15, 0.2) is 30.5 Å². The first-order valence-electron chi connectivity index (χ1n) is 6.17. The van der Waals surface area contributed by atoms with Crippen LogP contribution in [0.3, 0.4) is 0 Å². The second kappa shape index (κ2) is 6.43. The van der Waals surface area contributed by atoms with Crippen molar-refractivity contribution in [2.75, 3.05) is 23.4 Å². The first kappa shape index (κ1) is 15.8. The number of sulfonamides is 1. The van der Waals surface area contributed by atoms with Gasteiger partial charge in [0.2, 0.25) is 15.9 Å². The van der Waals surface area contributed by atoms with Crippen LogP contribution in [-0.2, 0) is 21.4 Å². The summed E-state index contributed by atoms with van der Waals surface area (Å²) in [7, 11) is -1.87. The van der Waals surface area contributed by atoms with Crippen molar-refractivity contribution in [2.24, 2.45) is 0 Å². The zero-order chi connectivity index (χ0) is 16.2. The Bertz CT molecular complexity index is 754. The Morgan fingerprint density at radius 2 is 2.00 bits per heavy atom. The third kappa shape index (κ3) is 4.74. The number of nitrogens with one attached hydrogen (secondary N) is 2. The van der Waals surface area contributed by atoms with Gasteiger partial charge in [0.1, 0.15) is 12.3 Å². The molecule has 0 saturated heterocycles. The van der Waals surface area contributed by atoms with Crippen LogP contribution in [0, 0.1) is 0 Å². The molecule has 2 aromatic rings. The largest absolute Gasteiger partial charge is 0.497 e. The molecule has 0 unspecified atom stereocenters.